The lowest BCUT2D eigenvalue weighted by Gasteiger charge is -2.19. The van der Waals surface area contributed by atoms with Gasteiger partial charge in [-0.1, -0.05) is 5.21 Å². The molecular formula is C22H27N7O2. The Morgan fingerprint density at radius 2 is 1.87 bits per heavy atom. The maximum absolute atomic E-state index is 5.77. The topological polar surface area (TPSA) is 92.8 Å². The van der Waals surface area contributed by atoms with E-state index in [1.54, 1.807) is 10.9 Å². The average molecular weight is 422 g/mol. The zero-order chi connectivity index (χ0) is 21.8. The first-order chi connectivity index (χ1) is 14.9. The average Bonchev–Trinajstić information content (AvgIpc) is 3.35. The summed E-state index contributed by atoms with van der Waals surface area (Å²) in [6.07, 6.45) is 6.12. The summed E-state index contributed by atoms with van der Waals surface area (Å²) >= 11 is 0. The van der Waals surface area contributed by atoms with Crippen molar-refractivity contribution in [3.63, 3.8) is 0 Å². The van der Waals surface area contributed by atoms with Gasteiger partial charge < -0.3 is 9.47 Å². The van der Waals surface area contributed by atoms with E-state index < -0.39 is 0 Å². The minimum absolute atomic E-state index is 0.153. The molecule has 0 saturated carbocycles. The molecule has 9 nitrogen and oxygen atoms in total. The summed E-state index contributed by atoms with van der Waals surface area (Å²) < 4.78 is 14.9. The Labute approximate surface area is 181 Å². The molecule has 3 heterocycles. The maximum Gasteiger partial charge on any atom is 0.187 e. The zero-order valence-corrected chi connectivity index (χ0v) is 18.3. The van der Waals surface area contributed by atoms with Crippen LogP contribution in [0.3, 0.4) is 0 Å². The van der Waals surface area contributed by atoms with Gasteiger partial charge in [0.2, 0.25) is 0 Å². The highest BCUT2D eigenvalue weighted by Gasteiger charge is 2.12. The summed E-state index contributed by atoms with van der Waals surface area (Å²) in [4.78, 5) is 9.15. The largest absolute Gasteiger partial charge is 0.494 e. The predicted molar refractivity (Wildman–Crippen MR) is 116 cm³/mol. The standard InChI is InChI=1S/C22H27N7O2/c1-5-30-18-8-6-17(7-9-18)29-21-19(26-27-29)14-23-20(25-21)12-16-13-24-28(15-16)10-11-31-22(2,3)4/h6-9,13-15H,5,10-12H2,1-4H3. The zero-order valence-electron chi connectivity index (χ0n) is 18.3. The van der Waals surface area contributed by atoms with E-state index in [0.29, 0.717) is 43.2 Å². The lowest BCUT2D eigenvalue weighted by atomic mass is 10.2. The molecule has 0 spiro atoms. The maximum atomic E-state index is 5.77. The van der Waals surface area contributed by atoms with Crippen LogP contribution in [0.25, 0.3) is 16.9 Å². The number of hydrogen-bond acceptors (Lipinski definition) is 7. The highest BCUT2D eigenvalue weighted by molar-refractivity contribution is 5.70. The van der Waals surface area contributed by atoms with Crippen molar-refractivity contribution >= 4 is 11.2 Å². The van der Waals surface area contributed by atoms with Crippen molar-refractivity contribution in [2.24, 2.45) is 0 Å². The number of benzene rings is 1. The number of nitrogens with zero attached hydrogens (tertiary/aromatic N) is 7. The van der Waals surface area contributed by atoms with E-state index in [1.165, 1.54) is 0 Å². The lowest BCUT2D eigenvalue weighted by Crippen LogP contribution is -2.22. The van der Waals surface area contributed by atoms with Crippen LogP contribution in [-0.2, 0) is 17.7 Å². The summed E-state index contributed by atoms with van der Waals surface area (Å²) in [6.45, 7) is 10.0. The van der Waals surface area contributed by atoms with Gasteiger partial charge in [0.25, 0.3) is 0 Å². The van der Waals surface area contributed by atoms with Gasteiger partial charge in [-0.05, 0) is 57.5 Å². The van der Waals surface area contributed by atoms with Crippen molar-refractivity contribution in [2.75, 3.05) is 13.2 Å². The Bertz CT molecular complexity index is 1140. The third-order valence-corrected chi connectivity index (χ3v) is 4.54. The Kier molecular flexibility index (Phi) is 5.94. The normalized spacial score (nSPS) is 11.9. The summed E-state index contributed by atoms with van der Waals surface area (Å²) in [7, 11) is 0. The quantitative estimate of drug-likeness (QED) is 0.431. The fraction of sp³-hybridized carbons (Fsp3) is 0.409. The Balaban J connectivity index is 1.49. The van der Waals surface area contributed by atoms with E-state index >= 15 is 0 Å². The van der Waals surface area contributed by atoms with E-state index in [-0.39, 0.29) is 5.60 Å². The van der Waals surface area contributed by atoms with E-state index in [0.717, 1.165) is 17.0 Å². The molecule has 4 aromatic rings. The molecule has 0 aliphatic rings. The van der Waals surface area contributed by atoms with Crippen LogP contribution in [0.5, 0.6) is 5.75 Å². The van der Waals surface area contributed by atoms with Crippen molar-refractivity contribution in [3.8, 4) is 11.4 Å². The van der Waals surface area contributed by atoms with Gasteiger partial charge in [-0.3, -0.25) is 4.68 Å². The highest BCUT2D eigenvalue weighted by atomic mass is 16.5. The lowest BCUT2D eigenvalue weighted by molar-refractivity contribution is -0.00789. The molecule has 0 saturated heterocycles. The van der Waals surface area contributed by atoms with Gasteiger partial charge in [-0.25, -0.2) is 9.97 Å². The Hall–Kier alpha value is -3.33. The minimum atomic E-state index is -0.153. The van der Waals surface area contributed by atoms with Gasteiger partial charge in [-0.15, -0.1) is 5.10 Å². The second kappa shape index (κ2) is 8.81. The van der Waals surface area contributed by atoms with Gasteiger partial charge in [0.15, 0.2) is 11.2 Å². The number of aromatic nitrogens is 7. The van der Waals surface area contributed by atoms with Gasteiger partial charge >= 0.3 is 0 Å². The van der Waals surface area contributed by atoms with Crippen LogP contribution in [-0.4, -0.2) is 53.6 Å². The van der Waals surface area contributed by atoms with Crippen molar-refractivity contribution in [1.82, 2.24) is 34.7 Å². The van der Waals surface area contributed by atoms with E-state index in [2.05, 4.69) is 20.4 Å². The van der Waals surface area contributed by atoms with Crippen molar-refractivity contribution < 1.29 is 9.47 Å². The molecule has 0 radical (unpaired) electrons. The molecule has 0 N–H and O–H groups in total. The number of fused-ring (bicyclic) bond motifs is 1. The van der Waals surface area contributed by atoms with Crippen LogP contribution in [0.4, 0.5) is 0 Å². The summed E-state index contributed by atoms with van der Waals surface area (Å²) in [5.41, 5.74) is 3.06. The minimum Gasteiger partial charge on any atom is -0.494 e. The third kappa shape index (κ3) is 5.24. The van der Waals surface area contributed by atoms with E-state index in [1.807, 2.05) is 69.0 Å². The first-order valence-electron chi connectivity index (χ1n) is 10.4. The highest BCUT2D eigenvalue weighted by Crippen LogP contribution is 2.18. The molecule has 31 heavy (non-hydrogen) atoms. The first-order valence-corrected chi connectivity index (χ1v) is 10.4. The summed E-state index contributed by atoms with van der Waals surface area (Å²) in [5, 5.41) is 12.8. The monoisotopic (exact) mass is 421 g/mol. The van der Waals surface area contributed by atoms with E-state index in [9.17, 15) is 0 Å². The van der Waals surface area contributed by atoms with Gasteiger partial charge in [-0.2, -0.15) is 9.78 Å². The molecule has 0 atom stereocenters. The van der Waals surface area contributed by atoms with Crippen LogP contribution in [0.15, 0.2) is 42.9 Å². The summed E-state index contributed by atoms with van der Waals surface area (Å²) in [6, 6.07) is 7.69. The molecule has 0 aliphatic heterocycles. The predicted octanol–water partition coefficient (Wildman–Crippen LogP) is 3.21. The molecule has 3 aromatic heterocycles. The molecule has 1 aromatic carbocycles. The Morgan fingerprint density at radius 1 is 1.06 bits per heavy atom. The van der Waals surface area contributed by atoms with Crippen molar-refractivity contribution in [3.05, 3.63) is 54.2 Å². The number of ether oxygens (including phenoxy) is 2. The smallest absolute Gasteiger partial charge is 0.187 e. The molecule has 0 fully saturated rings. The molecule has 0 aliphatic carbocycles. The van der Waals surface area contributed by atoms with Crippen LogP contribution >= 0.6 is 0 Å². The fourth-order valence-electron chi connectivity index (χ4n) is 3.12. The second-order valence-corrected chi connectivity index (χ2v) is 8.17. The SMILES string of the molecule is CCOc1ccc(-n2nnc3cnc(Cc4cnn(CCOC(C)(C)C)c4)nc32)cc1. The molecule has 0 unspecified atom stereocenters. The molecule has 0 bridgehead atoms. The number of hydrogen-bond donors (Lipinski definition) is 0. The number of rotatable bonds is 8. The Morgan fingerprint density at radius 3 is 2.61 bits per heavy atom. The van der Waals surface area contributed by atoms with Gasteiger partial charge in [0, 0.05) is 12.6 Å². The third-order valence-electron chi connectivity index (χ3n) is 4.54. The van der Waals surface area contributed by atoms with E-state index in [4.69, 9.17) is 14.5 Å². The molecule has 9 heteroatoms. The van der Waals surface area contributed by atoms with Crippen LogP contribution in [0.2, 0.25) is 0 Å². The van der Waals surface area contributed by atoms with Crippen LogP contribution in [0.1, 0.15) is 39.1 Å². The second-order valence-electron chi connectivity index (χ2n) is 8.17. The van der Waals surface area contributed by atoms with Crippen molar-refractivity contribution in [1.29, 1.82) is 0 Å². The molecule has 4 rings (SSSR count). The molecular weight excluding hydrogens is 394 g/mol. The summed E-state index contributed by atoms with van der Waals surface area (Å²) in [5.74, 6) is 1.50. The molecule has 0 amide bonds. The van der Waals surface area contributed by atoms with Gasteiger partial charge in [0.1, 0.15) is 11.6 Å². The van der Waals surface area contributed by atoms with Crippen LogP contribution < -0.4 is 4.74 Å². The van der Waals surface area contributed by atoms with Gasteiger partial charge in [0.05, 0.1) is 43.4 Å². The first kappa shape index (κ1) is 20.9. The molecule has 162 valence electrons. The van der Waals surface area contributed by atoms with Crippen LogP contribution in [0, 0.1) is 0 Å². The van der Waals surface area contributed by atoms with Crippen molar-refractivity contribution in [2.45, 2.75) is 46.3 Å². The fourth-order valence-corrected chi connectivity index (χ4v) is 3.12.